The molecule has 4 heteroatoms. The number of fused-ring (bicyclic) bond motifs is 2. The highest BCUT2D eigenvalue weighted by Gasteiger charge is 2.35. The maximum atomic E-state index is 10.7. The number of likely N-dealkylation sites (N-methyl/N-ethyl adjacent to an activating group) is 1. The number of nitrogens with zero attached hydrogens (tertiary/aromatic N) is 1. The highest BCUT2D eigenvalue weighted by atomic mass is 16.5. The molecular formula is C19H21NO3. The Balaban J connectivity index is 2.03. The van der Waals surface area contributed by atoms with Crippen LogP contribution in [0.5, 0.6) is 17.2 Å². The van der Waals surface area contributed by atoms with E-state index in [9.17, 15) is 5.11 Å². The molecule has 0 aromatic heterocycles. The van der Waals surface area contributed by atoms with Gasteiger partial charge in [0, 0.05) is 23.7 Å². The van der Waals surface area contributed by atoms with Crippen molar-refractivity contribution in [1.29, 1.82) is 0 Å². The monoisotopic (exact) mass is 311 g/mol. The summed E-state index contributed by atoms with van der Waals surface area (Å²) in [5.74, 6) is 1.72. The van der Waals surface area contributed by atoms with Crippen LogP contribution in [-0.2, 0) is 12.8 Å². The Hall–Kier alpha value is -2.20. The van der Waals surface area contributed by atoms with Gasteiger partial charge >= 0.3 is 0 Å². The summed E-state index contributed by atoms with van der Waals surface area (Å²) in [4.78, 5) is 2.40. The molecule has 1 heterocycles. The van der Waals surface area contributed by atoms with Crippen molar-refractivity contribution in [3.05, 3.63) is 41.0 Å². The maximum Gasteiger partial charge on any atom is 0.165 e. The van der Waals surface area contributed by atoms with Crippen molar-refractivity contribution in [2.75, 3.05) is 27.8 Å². The van der Waals surface area contributed by atoms with E-state index < -0.39 is 0 Å². The van der Waals surface area contributed by atoms with Crippen molar-refractivity contribution in [3.8, 4) is 28.4 Å². The first-order valence-corrected chi connectivity index (χ1v) is 7.95. The molecule has 1 atom stereocenters. The van der Waals surface area contributed by atoms with Gasteiger partial charge in [-0.15, -0.1) is 0 Å². The van der Waals surface area contributed by atoms with Crippen LogP contribution in [0, 0.1) is 0 Å². The van der Waals surface area contributed by atoms with E-state index in [1.165, 1.54) is 16.7 Å². The van der Waals surface area contributed by atoms with Crippen molar-refractivity contribution < 1.29 is 14.6 Å². The van der Waals surface area contributed by atoms with Gasteiger partial charge in [0.15, 0.2) is 11.5 Å². The molecule has 2 aromatic carbocycles. The third kappa shape index (κ3) is 1.94. The van der Waals surface area contributed by atoms with Crippen LogP contribution in [0.2, 0.25) is 0 Å². The Morgan fingerprint density at radius 3 is 2.57 bits per heavy atom. The van der Waals surface area contributed by atoms with Crippen molar-refractivity contribution in [2.24, 2.45) is 0 Å². The summed E-state index contributed by atoms with van der Waals surface area (Å²) in [6.07, 6.45) is 1.87. The van der Waals surface area contributed by atoms with E-state index in [1.54, 1.807) is 14.2 Å². The predicted octanol–water partition coefficient (Wildman–Crippen LogP) is 3.16. The minimum atomic E-state index is 0.240. The lowest BCUT2D eigenvalue weighted by Crippen LogP contribution is -2.35. The van der Waals surface area contributed by atoms with Crippen molar-refractivity contribution in [1.82, 2.24) is 4.90 Å². The largest absolute Gasteiger partial charge is 0.504 e. The van der Waals surface area contributed by atoms with Crippen LogP contribution in [0.1, 0.15) is 22.7 Å². The molecule has 0 spiro atoms. The summed E-state index contributed by atoms with van der Waals surface area (Å²) < 4.78 is 10.9. The van der Waals surface area contributed by atoms with E-state index in [-0.39, 0.29) is 5.75 Å². The average molecular weight is 311 g/mol. The van der Waals surface area contributed by atoms with Crippen LogP contribution in [0.15, 0.2) is 24.3 Å². The summed E-state index contributed by atoms with van der Waals surface area (Å²) in [7, 11) is 5.48. The molecule has 0 radical (unpaired) electrons. The molecule has 0 saturated heterocycles. The third-order valence-corrected chi connectivity index (χ3v) is 5.24. The molecule has 1 aliphatic carbocycles. The van der Waals surface area contributed by atoms with Gasteiger partial charge in [0.25, 0.3) is 0 Å². The average Bonchev–Trinajstić information content (AvgIpc) is 2.57. The molecule has 0 amide bonds. The summed E-state index contributed by atoms with van der Waals surface area (Å²) in [5, 5.41) is 10.7. The number of phenols is 1. The number of ether oxygens (including phenoxy) is 2. The molecular weight excluding hydrogens is 290 g/mol. The van der Waals surface area contributed by atoms with Gasteiger partial charge in [-0.1, -0.05) is 12.1 Å². The highest BCUT2D eigenvalue weighted by Crippen LogP contribution is 2.51. The highest BCUT2D eigenvalue weighted by molar-refractivity contribution is 5.83. The zero-order valence-corrected chi connectivity index (χ0v) is 13.7. The van der Waals surface area contributed by atoms with Crippen molar-refractivity contribution in [3.63, 3.8) is 0 Å². The first kappa shape index (κ1) is 14.4. The standard InChI is InChI=1S/C19H21NO3/c1-20-9-8-12-15(22-2)7-5-13-17-11(10-14(20)18(12)13)4-6-16(23-3)19(17)21/h4-7,14,21H,8-10H2,1-3H3. The zero-order chi connectivity index (χ0) is 16.1. The normalized spacial score (nSPS) is 19.0. The second-order valence-corrected chi connectivity index (χ2v) is 6.31. The van der Waals surface area contributed by atoms with E-state index in [0.29, 0.717) is 11.8 Å². The Morgan fingerprint density at radius 2 is 1.83 bits per heavy atom. The summed E-state index contributed by atoms with van der Waals surface area (Å²) in [6, 6.07) is 8.35. The smallest absolute Gasteiger partial charge is 0.165 e. The van der Waals surface area contributed by atoms with E-state index in [2.05, 4.69) is 24.1 Å². The van der Waals surface area contributed by atoms with Gasteiger partial charge in [0.2, 0.25) is 0 Å². The van der Waals surface area contributed by atoms with Gasteiger partial charge in [0.1, 0.15) is 5.75 Å². The lowest BCUT2D eigenvalue weighted by Gasteiger charge is -2.40. The lowest BCUT2D eigenvalue weighted by molar-refractivity contribution is 0.225. The first-order valence-electron chi connectivity index (χ1n) is 7.95. The Bertz CT molecular complexity index is 785. The topological polar surface area (TPSA) is 41.9 Å². The quantitative estimate of drug-likeness (QED) is 0.925. The number of phenolic OH excluding ortho intramolecular Hbond substituents is 1. The van der Waals surface area contributed by atoms with Crippen LogP contribution in [0.25, 0.3) is 11.1 Å². The second kappa shape index (κ2) is 5.17. The number of benzene rings is 2. The van der Waals surface area contributed by atoms with Gasteiger partial charge in [-0.2, -0.15) is 0 Å². The fourth-order valence-electron chi connectivity index (χ4n) is 4.07. The van der Waals surface area contributed by atoms with Crippen LogP contribution >= 0.6 is 0 Å². The van der Waals surface area contributed by atoms with Crippen LogP contribution in [-0.4, -0.2) is 37.8 Å². The van der Waals surface area contributed by atoms with Gasteiger partial charge in [0.05, 0.1) is 14.2 Å². The fraction of sp³-hybridized carbons (Fsp3) is 0.368. The first-order chi connectivity index (χ1) is 11.2. The van der Waals surface area contributed by atoms with Gasteiger partial charge in [-0.3, -0.25) is 4.90 Å². The van der Waals surface area contributed by atoms with Gasteiger partial charge in [-0.05, 0) is 48.7 Å². The molecule has 1 aliphatic heterocycles. The van der Waals surface area contributed by atoms with E-state index >= 15 is 0 Å². The second-order valence-electron chi connectivity index (χ2n) is 6.31. The number of hydrogen-bond acceptors (Lipinski definition) is 4. The van der Waals surface area contributed by atoms with Gasteiger partial charge in [-0.25, -0.2) is 0 Å². The maximum absolute atomic E-state index is 10.7. The Morgan fingerprint density at radius 1 is 1.09 bits per heavy atom. The SMILES string of the molecule is COc1ccc2c(c1O)-c1ccc(OC)c3c1C(C2)N(C)CC3. The van der Waals surface area contributed by atoms with E-state index in [0.717, 1.165) is 36.3 Å². The molecule has 0 saturated carbocycles. The minimum Gasteiger partial charge on any atom is -0.504 e. The lowest BCUT2D eigenvalue weighted by atomic mass is 9.76. The molecule has 0 fully saturated rings. The number of rotatable bonds is 2. The summed E-state index contributed by atoms with van der Waals surface area (Å²) >= 11 is 0. The molecule has 1 unspecified atom stereocenters. The van der Waals surface area contributed by atoms with E-state index in [4.69, 9.17) is 9.47 Å². The third-order valence-electron chi connectivity index (χ3n) is 5.24. The fourth-order valence-corrected chi connectivity index (χ4v) is 4.07. The molecule has 4 nitrogen and oxygen atoms in total. The summed E-state index contributed by atoms with van der Waals surface area (Å²) in [5.41, 5.74) is 5.77. The van der Waals surface area contributed by atoms with Crippen LogP contribution < -0.4 is 9.47 Å². The molecule has 2 aliphatic rings. The molecule has 2 aromatic rings. The molecule has 23 heavy (non-hydrogen) atoms. The summed E-state index contributed by atoms with van der Waals surface area (Å²) in [6.45, 7) is 1.02. The van der Waals surface area contributed by atoms with Gasteiger partial charge < -0.3 is 14.6 Å². The molecule has 1 N–H and O–H groups in total. The van der Waals surface area contributed by atoms with Crippen molar-refractivity contribution >= 4 is 0 Å². The number of aromatic hydroxyl groups is 1. The number of hydrogen-bond donors (Lipinski definition) is 1. The Kier molecular flexibility index (Phi) is 3.23. The number of methoxy groups -OCH3 is 2. The predicted molar refractivity (Wildman–Crippen MR) is 89.4 cm³/mol. The van der Waals surface area contributed by atoms with Crippen molar-refractivity contribution in [2.45, 2.75) is 18.9 Å². The van der Waals surface area contributed by atoms with Crippen LogP contribution in [0.4, 0.5) is 0 Å². The van der Waals surface area contributed by atoms with Crippen LogP contribution in [0.3, 0.4) is 0 Å². The molecule has 0 bridgehead atoms. The minimum absolute atomic E-state index is 0.240. The molecule has 4 rings (SSSR count). The zero-order valence-electron chi connectivity index (χ0n) is 13.7. The Labute approximate surface area is 136 Å². The van der Waals surface area contributed by atoms with E-state index in [1.807, 2.05) is 12.1 Å². The molecule has 120 valence electrons.